The van der Waals surface area contributed by atoms with Gasteiger partial charge in [-0.15, -0.1) is 0 Å². The van der Waals surface area contributed by atoms with Gasteiger partial charge in [-0.3, -0.25) is 0 Å². The summed E-state index contributed by atoms with van der Waals surface area (Å²) in [4.78, 5) is 0. The lowest BCUT2D eigenvalue weighted by Crippen LogP contribution is -2.30. The molecule has 1 fully saturated rings. The minimum absolute atomic E-state index is 0.0716. The van der Waals surface area contributed by atoms with E-state index in [2.05, 4.69) is 37.8 Å². The molecule has 0 saturated heterocycles. The Morgan fingerprint density at radius 3 is 2.13 bits per heavy atom. The van der Waals surface area contributed by atoms with Gasteiger partial charge in [-0.25, -0.2) is 0 Å². The molecule has 1 aliphatic carbocycles. The van der Waals surface area contributed by atoms with E-state index in [1.807, 2.05) is 18.2 Å². The monoisotopic (exact) mass is 306 g/mol. The van der Waals surface area contributed by atoms with Crippen LogP contribution < -0.4 is 11.5 Å². The molecule has 2 nitrogen and oxygen atoms in total. The summed E-state index contributed by atoms with van der Waals surface area (Å²) in [6, 6.07) is 13.0. The molecular formula is C21H26N2. The molecule has 4 N–H and O–H groups in total. The Morgan fingerprint density at radius 2 is 1.52 bits per heavy atom. The molecule has 3 rings (SSSR count). The largest absolute Gasteiger partial charge is 0.399 e. The quantitative estimate of drug-likeness (QED) is 0.779. The molecule has 0 aliphatic heterocycles. The Kier molecular flexibility index (Phi) is 4.16. The van der Waals surface area contributed by atoms with Gasteiger partial charge in [0.05, 0.1) is 0 Å². The van der Waals surface area contributed by atoms with Gasteiger partial charge < -0.3 is 11.5 Å². The Balaban J connectivity index is 2.16. The number of hydrogen-bond acceptors (Lipinski definition) is 2. The molecule has 0 spiro atoms. The molecule has 0 heterocycles. The first kappa shape index (κ1) is 15.7. The van der Waals surface area contributed by atoms with Crippen molar-refractivity contribution in [2.45, 2.75) is 44.4 Å². The summed E-state index contributed by atoms with van der Waals surface area (Å²) in [5.41, 5.74) is 18.8. The van der Waals surface area contributed by atoms with Crippen LogP contribution in [-0.2, 0) is 5.41 Å². The highest BCUT2D eigenvalue weighted by Crippen LogP contribution is 2.46. The summed E-state index contributed by atoms with van der Waals surface area (Å²) in [5.74, 6) is 0. The van der Waals surface area contributed by atoms with Crippen molar-refractivity contribution in [3.8, 4) is 0 Å². The smallest absolute Gasteiger partial charge is 0.0387 e. The van der Waals surface area contributed by atoms with E-state index in [0.717, 1.165) is 22.5 Å². The lowest BCUT2D eigenvalue weighted by atomic mass is 9.65. The highest BCUT2D eigenvalue weighted by atomic mass is 14.6. The fourth-order valence-corrected chi connectivity index (χ4v) is 3.92. The van der Waals surface area contributed by atoms with Gasteiger partial charge in [0.2, 0.25) is 0 Å². The van der Waals surface area contributed by atoms with Crippen LogP contribution >= 0.6 is 0 Å². The molecule has 120 valence electrons. The van der Waals surface area contributed by atoms with Crippen molar-refractivity contribution in [3.05, 3.63) is 65.2 Å². The number of anilines is 2. The van der Waals surface area contributed by atoms with Crippen molar-refractivity contribution in [3.63, 3.8) is 0 Å². The van der Waals surface area contributed by atoms with E-state index in [4.69, 9.17) is 11.5 Å². The molecule has 0 bridgehead atoms. The van der Waals surface area contributed by atoms with Crippen molar-refractivity contribution < 1.29 is 0 Å². The van der Waals surface area contributed by atoms with Gasteiger partial charge in [0.1, 0.15) is 0 Å². The van der Waals surface area contributed by atoms with Gasteiger partial charge in [-0.05, 0) is 60.2 Å². The third kappa shape index (κ3) is 2.74. The SMILES string of the molecule is C=Cc1cc(C2(c3ccc(N)c(C)c3)CCCCC2)ccc1N. The van der Waals surface area contributed by atoms with Crippen LogP contribution in [0.1, 0.15) is 54.4 Å². The number of rotatable bonds is 3. The van der Waals surface area contributed by atoms with Gasteiger partial charge in [0, 0.05) is 16.8 Å². The summed E-state index contributed by atoms with van der Waals surface area (Å²) >= 11 is 0. The van der Waals surface area contributed by atoms with Crippen LogP contribution in [0.25, 0.3) is 6.08 Å². The van der Waals surface area contributed by atoms with Crippen LogP contribution in [-0.4, -0.2) is 0 Å². The van der Waals surface area contributed by atoms with Crippen LogP contribution in [0, 0.1) is 6.92 Å². The molecule has 2 aromatic carbocycles. The first-order valence-corrected chi connectivity index (χ1v) is 8.46. The number of nitrogens with two attached hydrogens (primary N) is 2. The van der Waals surface area contributed by atoms with E-state index in [0.29, 0.717) is 0 Å². The summed E-state index contributed by atoms with van der Waals surface area (Å²) in [6.45, 7) is 5.99. The van der Waals surface area contributed by atoms with E-state index in [-0.39, 0.29) is 5.41 Å². The fourth-order valence-electron chi connectivity index (χ4n) is 3.92. The van der Waals surface area contributed by atoms with Gasteiger partial charge >= 0.3 is 0 Å². The van der Waals surface area contributed by atoms with Crippen molar-refractivity contribution in [2.24, 2.45) is 0 Å². The highest BCUT2D eigenvalue weighted by Gasteiger charge is 2.36. The molecule has 1 aliphatic rings. The molecule has 0 radical (unpaired) electrons. The predicted octanol–water partition coefficient (Wildman–Crippen LogP) is 5.05. The predicted molar refractivity (Wildman–Crippen MR) is 100 cm³/mol. The topological polar surface area (TPSA) is 52.0 Å². The van der Waals surface area contributed by atoms with Crippen LogP contribution in [0.15, 0.2) is 43.0 Å². The zero-order valence-electron chi connectivity index (χ0n) is 13.9. The Hall–Kier alpha value is -2.22. The molecule has 2 aromatic rings. The van der Waals surface area contributed by atoms with E-state index < -0.39 is 0 Å². The number of nitrogen functional groups attached to an aromatic ring is 2. The summed E-state index contributed by atoms with van der Waals surface area (Å²) in [5, 5.41) is 0. The summed E-state index contributed by atoms with van der Waals surface area (Å²) in [6.07, 6.45) is 8.05. The lowest BCUT2D eigenvalue weighted by Gasteiger charge is -2.39. The van der Waals surface area contributed by atoms with E-state index in [9.17, 15) is 0 Å². The van der Waals surface area contributed by atoms with Gasteiger partial charge in [-0.1, -0.05) is 50.1 Å². The summed E-state index contributed by atoms with van der Waals surface area (Å²) in [7, 11) is 0. The third-order valence-electron chi connectivity index (χ3n) is 5.39. The van der Waals surface area contributed by atoms with Crippen molar-refractivity contribution in [2.75, 3.05) is 11.5 Å². The number of hydrogen-bond donors (Lipinski definition) is 2. The zero-order chi connectivity index (χ0) is 16.4. The molecule has 2 heteroatoms. The maximum atomic E-state index is 6.07. The van der Waals surface area contributed by atoms with Crippen molar-refractivity contribution in [1.82, 2.24) is 0 Å². The molecule has 0 atom stereocenters. The normalized spacial score (nSPS) is 16.9. The molecule has 0 aromatic heterocycles. The van der Waals surface area contributed by atoms with Gasteiger partial charge in [0.25, 0.3) is 0 Å². The average Bonchev–Trinajstić information content (AvgIpc) is 2.58. The van der Waals surface area contributed by atoms with Gasteiger partial charge in [0.15, 0.2) is 0 Å². The second-order valence-electron chi connectivity index (χ2n) is 6.76. The Bertz CT molecular complexity index is 725. The molecule has 0 unspecified atom stereocenters. The first-order chi connectivity index (χ1) is 11.1. The Morgan fingerprint density at radius 1 is 0.913 bits per heavy atom. The maximum absolute atomic E-state index is 6.07. The van der Waals surface area contributed by atoms with Crippen LogP contribution in [0.3, 0.4) is 0 Å². The highest BCUT2D eigenvalue weighted by molar-refractivity contribution is 5.65. The minimum Gasteiger partial charge on any atom is -0.399 e. The van der Waals surface area contributed by atoms with E-state index in [1.54, 1.807) is 0 Å². The minimum atomic E-state index is 0.0716. The van der Waals surface area contributed by atoms with Crippen LogP contribution in [0.5, 0.6) is 0 Å². The third-order valence-corrected chi connectivity index (χ3v) is 5.39. The second-order valence-corrected chi connectivity index (χ2v) is 6.76. The zero-order valence-corrected chi connectivity index (χ0v) is 13.9. The van der Waals surface area contributed by atoms with Crippen LogP contribution in [0.2, 0.25) is 0 Å². The van der Waals surface area contributed by atoms with Crippen LogP contribution in [0.4, 0.5) is 11.4 Å². The van der Waals surface area contributed by atoms with E-state index >= 15 is 0 Å². The molecule has 1 saturated carbocycles. The first-order valence-electron chi connectivity index (χ1n) is 8.46. The summed E-state index contributed by atoms with van der Waals surface area (Å²) < 4.78 is 0. The molecular weight excluding hydrogens is 280 g/mol. The molecule has 0 amide bonds. The standard InChI is InChI=1S/C21H26N2/c1-3-16-14-18(8-10-20(16)23)21(11-5-4-6-12-21)17-7-9-19(22)15(2)13-17/h3,7-10,13-14H,1,4-6,11-12,22-23H2,2H3. The number of benzene rings is 2. The Labute approximate surface area is 139 Å². The maximum Gasteiger partial charge on any atom is 0.0387 e. The molecule has 23 heavy (non-hydrogen) atoms. The van der Waals surface area contributed by atoms with Crippen molar-refractivity contribution in [1.29, 1.82) is 0 Å². The fraction of sp³-hybridized carbons (Fsp3) is 0.333. The average molecular weight is 306 g/mol. The van der Waals surface area contributed by atoms with E-state index in [1.165, 1.54) is 43.2 Å². The van der Waals surface area contributed by atoms with Gasteiger partial charge in [-0.2, -0.15) is 0 Å². The number of aryl methyl sites for hydroxylation is 1. The lowest BCUT2D eigenvalue weighted by molar-refractivity contribution is 0.346. The second kappa shape index (κ2) is 6.11. The van der Waals surface area contributed by atoms with Crippen molar-refractivity contribution >= 4 is 17.5 Å².